The largest absolute Gasteiger partial charge is 0.480 e. The number of β-lactam (4-membered cyclic amide) rings is 1. The quantitative estimate of drug-likeness (QED) is 0.195. The maximum absolute atomic E-state index is 13.0. The Labute approximate surface area is 184 Å². The van der Waals surface area contributed by atoms with Crippen LogP contribution < -0.4 is 5.32 Å². The van der Waals surface area contributed by atoms with Crippen molar-refractivity contribution < 1.29 is 24.2 Å². The van der Waals surface area contributed by atoms with Gasteiger partial charge in [0.1, 0.15) is 11.4 Å². The maximum atomic E-state index is 13.0. The van der Waals surface area contributed by atoms with Crippen molar-refractivity contribution in [3.05, 3.63) is 0 Å². The van der Waals surface area contributed by atoms with Crippen LogP contribution in [0, 0.1) is 17.2 Å². The lowest BCUT2D eigenvalue weighted by atomic mass is 9.92. The molecule has 0 bridgehead atoms. The standard InChI is InChI=1S/C15H19N7O5S3/c1-21-14(18-19-20-21)30-6-8-5-29-13-15(27-2,17-9(23)7-28-4-3-16)12(26)22(13)10(8)11(24)25/h8,10,13H,4-7H2,1-2H3,(H,17,23)(H,24,25)/t8?,10?,13-,15+/m1/s1. The number of nitrogens with zero attached hydrogens (tertiary/aromatic N) is 6. The highest BCUT2D eigenvalue weighted by atomic mass is 32.2. The van der Waals surface area contributed by atoms with Gasteiger partial charge in [0, 0.05) is 31.6 Å². The van der Waals surface area contributed by atoms with E-state index in [0.29, 0.717) is 16.7 Å². The van der Waals surface area contributed by atoms with E-state index in [-0.39, 0.29) is 17.4 Å². The lowest BCUT2D eigenvalue weighted by molar-refractivity contribution is -0.206. The number of carbonyl (C=O) groups excluding carboxylic acids is 2. The van der Waals surface area contributed by atoms with E-state index in [1.807, 2.05) is 6.07 Å². The predicted octanol–water partition coefficient (Wildman–Crippen LogP) is -0.998. The Morgan fingerprint density at radius 3 is 2.90 bits per heavy atom. The highest BCUT2D eigenvalue weighted by Gasteiger charge is 2.68. The predicted molar refractivity (Wildman–Crippen MR) is 108 cm³/mol. The Morgan fingerprint density at radius 2 is 2.30 bits per heavy atom. The number of amides is 2. The Balaban J connectivity index is 1.70. The van der Waals surface area contributed by atoms with Crippen molar-refractivity contribution in [2.45, 2.75) is 22.3 Å². The third-order valence-electron chi connectivity index (χ3n) is 4.67. The number of hydrogen-bond acceptors (Lipinski definition) is 11. The van der Waals surface area contributed by atoms with Gasteiger partial charge in [-0.1, -0.05) is 11.8 Å². The Hall–Kier alpha value is -2.02. The first-order valence-electron chi connectivity index (χ1n) is 8.69. The molecule has 2 aliphatic rings. The summed E-state index contributed by atoms with van der Waals surface area (Å²) < 4.78 is 6.87. The first-order valence-corrected chi connectivity index (χ1v) is 11.9. The molecule has 2 aliphatic heterocycles. The van der Waals surface area contributed by atoms with E-state index < -0.39 is 34.9 Å². The zero-order valence-electron chi connectivity index (χ0n) is 16.0. The fraction of sp³-hybridized carbons (Fsp3) is 0.667. The molecule has 1 aromatic heterocycles. The smallest absolute Gasteiger partial charge is 0.326 e. The summed E-state index contributed by atoms with van der Waals surface area (Å²) in [6.45, 7) is 0. The molecular formula is C15H19N7O5S3. The van der Waals surface area contributed by atoms with Gasteiger partial charge in [0.2, 0.25) is 11.1 Å². The SMILES string of the molecule is CO[C@@]1(NC(=O)CSCC#N)C(=O)N2C(C(=O)O)C(CSc3nnnn3C)CS[C@@H]21. The van der Waals surface area contributed by atoms with Crippen LogP contribution in [0.4, 0.5) is 0 Å². The van der Waals surface area contributed by atoms with E-state index in [1.54, 1.807) is 7.05 Å². The number of carboxylic acids is 1. The van der Waals surface area contributed by atoms with Crippen LogP contribution in [0.15, 0.2) is 5.16 Å². The van der Waals surface area contributed by atoms with Crippen LogP contribution in [0.5, 0.6) is 0 Å². The second-order valence-corrected chi connectivity index (χ2v) is 9.56. The normalized spacial score (nSPS) is 27.7. The number of tetrazole rings is 1. The van der Waals surface area contributed by atoms with Crippen LogP contribution in [-0.4, -0.2) is 95.3 Å². The van der Waals surface area contributed by atoms with Crippen molar-refractivity contribution >= 4 is 53.1 Å². The van der Waals surface area contributed by atoms with E-state index in [0.717, 1.165) is 11.8 Å². The number of nitriles is 1. The Morgan fingerprint density at radius 1 is 1.53 bits per heavy atom. The third-order valence-corrected chi connectivity index (χ3v) is 8.17. The van der Waals surface area contributed by atoms with E-state index in [4.69, 9.17) is 10.00 Å². The molecule has 15 heteroatoms. The highest BCUT2D eigenvalue weighted by Crippen LogP contribution is 2.47. The number of methoxy groups -OCH3 is 1. The zero-order valence-corrected chi connectivity index (χ0v) is 18.5. The van der Waals surface area contributed by atoms with Crippen molar-refractivity contribution in [3.63, 3.8) is 0 Å². The van der Waals surface area contributed by atoms with E-state index in [1.165, 1.54) is 40.2 Å². The van der Waals surface area contributed by atoms with Crippen LogP contribution in [0.3, 0.4) is 0 Å². The van der Waals surface area contributed by atoms with Crippen LogP contribution >= 0.6 is 35.3 Å². The molecule has 0 aliphatic carbocycles. The molecule has 162 valence electrons. The molecule has 0 radical (unpaired) electrons. The summed E-state index contributed by atoms with van der Waals surface area (Å²) in [4.78, 5) is 38.4. The summed E-state index contributed by atoms with van der Waals surface area (Å²) in [5, 5.41) is 32.0. The number of carbonyl (C=O) groups is 3. The van der Waals surface area contributed by atoms with E-state index in [9.17, 15) is 19.5 Å². The van der Waals surface area contributed by atoms with Gasteiger partial charge in [-0.15, -0.1) is 28.6 Å². The number of aryl methyl sites for hydroxylation is 1. The molecule has 2 N–H and O–H groups in total. The molecule has 2 amide bonds. The minimum absolute atomic E-state index is 0.00328. The number of fused-ring (bicyclic) bond motifs is 1. The van der Waals surface area contributed by atoms with Crippen molar-refractivity contribution in [1.29, 1.82) is 5.26 Å². The van der Waals surface area contributed by atoms with Crippen molar-refractivity contribution in [3.8, 4) is 6.07 Å². The monoisotopic (exact) mass is 473 g/mol. The van der Waals surface area contributed by atoms with Crippen molar-refractivity contribution in [2.75, 3.05) is 30.1 Å². The molecule has 2 fully saturated rings. The average molecular weight is 474 g/mol. The van der Waals surface area contributed by atoms with Gasteiger partial charge in [-0.3, -0.25) is 9.59 Å². The summed E-state index contributed by atoms with van der Waals surface area (Å²) in [5.74, 6) is -1.50. The Kier molecular flexibility index (Phi) is 7.11. The number of hydrogen-bond donors (Lipinski definition) is 2. The van der Waals surface area contributed by atoms with Crippen molar-refractivity contribution in [1.82, 2.24) is 30.4 Å². The molecule has 2 saturated heterocycles. The van der Waals surface area contributed by atoms with Gasteiger partial charge in [0.15, 0.2) is 0 Å². The van der Waals surface area contributed by atoms with Gasteiger partial charge < -0.3 is 20.1 Å². The highest BCUT2D eigenvalue weighted by molar-refractivity contribution is 8.00. The van der Waals surface area contributed by atoms with E-state index >= 15 is 0 Å². The summed E-state index contributed by atoms with van der Waals surface area (Å²) in [6, 6.07) is 0.871. The maximum Gasteiger partial charge on any atom is 0.326 e. The minimum Gasteiger partial charge on any atom is -0.480 e. The average Bonchev–Trinajstić information content (AvgIpc) is 3.14. The van der Waals surface area contributed by atoms with Gasteiger partial charge >= 0.3 is 5.97 Å². The van der Waals surface area contributed by atoms with Crippen molar-refractivity contribution in [2.24, 2.45) is 13.0 Å². The number of aliphatic carboxylic acids is 1. The molecule has 1 aromatic rings. The second-order valence-electron chi connectivity index (χ2n) is 6.48. The summed E-state index contributed by atoms with van der Waals surface area (Å²) in [6.07, 6.45) is 0. The first-order chi connectivity index (χ1) is 14.4. The number of thioether (sulfide) groups is 3. The van der Waals surface area contributed by atoms with Gasteiger partial charge in [-0.05, 0) is 10.4 Å². The molecule has 4 atom stereocenters. The van der Waals surface area contributed by atoms with Crippen LogP contribution in [0.25, 0.3) is 0 Å². The summed E-state index contributed by atoms with van der Waals surface area (Å²) in [7, 11) is 2.99. The number of nitrogens with one attached hydrogen (secondary N) is 1. The number of aromatic nitrogens is 4. The summed E-state index contributed by atoms with van der Waals surface area (Å²) >= 11 is 3.79. The molecule has 12 nitrogen and oxygen atoms in total. The molecular weight excluding hydrogens is 454 g/mol. The Bertz CT molecular complexity index is 877. The van der Waals surface area contributed by atoms with E-state index in [2.05, 4.69) is 20.8 Å². The number of rotatable bonds is 9. The fourth-order valence-electron chi connectivity index (χ4n) is 3.31. The van der Waals surface area contributed by atoms with Crippen LogP contribution in [-0.2, 0) is 26.2 Å². The number of carboxylic acid groups (broad SMARTS) is 1. The van der Waals surface area contributed by atoms with Crippen LogP contribution in [0.2, 0.25) is 0 Å². The summed E-state index contributed by atoms with van der Waals surface area (Å²) in [5.41, 5.74) is -1.60. The molecule has 0 aromatic carbocycles. The van der Waals surface area contributed by atoms with Gasteiger partial charge in [-0.2, -0.15) is 5.26 Å². The molecule has 3 heterocycles. The third kappa shape index (κ3) is 4.09. The van der Waals surface area contributed by atoms with Gasteiger partial charge in [-0.25, -0.2) is 9.48 Å². The lowest BCUT2D eigenvalue weighted by Crippen LogP contribution is -2.84. The second kappa shape index (κ2) is 9.41. The van der Waals surface area contributed by atoms with Crippen LogP contribution in [0.1, 0.15) is 0 Å². The first kappa shape index (κ1) is 22.7. The fourth-order valence-corrected chi connectivity index (χ4v) is 6.50. The molecule has 0 spiro atoms. The number of ether oxygens (including phenoxy) is 1. The minimum atomic E-state index is -1.60. The van der Waals surface area contributed by atoms with Gasteiger partial charge in [0.05, 0.1) is 17.6 Å². The van der Waals surface area contributed by atoms with Gasteiger partial charge in [0.25, 0.3) is 11.6 Å². The molecule has 3 rings (SSSR count). The zero-order chi connectivity index (χ0) is 21.9. The molecule has 2 unspecified atom stereocenters. The topological polar surface area (TPSA) is 163 Å². The molecule has 30 heavy (non-hydrogen) atoms. The lowest BCUT2D eigenvalue weighted by Gasteiger charge is -2.59. The molecule has 0 saturated carbocycles.